The summed E-state index contributed by atoms with van der Waals surface area (Å²) in [4.78, 5) is 72.8. The van der Waals surface area contributed by atoms with Gasteiger partial charge >= 0.3 is 39.5 Å². The molecule has 5 atom stereocenters. The number of carbonyl (C=O) groups is 4. The van der Waals surface area contributed by atoms with Gasteiger partial charge in [-0.1, -0.05) is 236 Å². The number of esters is 4. The Morgan fingerprint density at radius 2 is 0.530 bits per heavy atom. The number of allylic oxidation sites excluding steroid dienone is 28. The summed E-state index contributed by atoms with van der Waals surface area (Å²) in [6, 6.07) is 0. The van der Waals surface area contributed by atoms with Gasteiger partial charge in [0.25, 0.3) is 0 Å². The van der Waals surface area contributed by atoms with Crippen LogP contribution in [0.25, 0.3) is 0 Å². The number of ether oxygens (including phenoxy) is 4. The molecule has 0 aliphatic rings. The van der Waals surface area contributed by atoms with Crippen LogP contribution in [0.1, 0.15) is 259 Å². The van der Waals surface area contributed by atoms with Crippen LogP contribution in [0.5, 0.6) is 0 Å². The highest BCUT2D eigenvalue weighted by atomic mass is 31.2. The number of aliphatic hydroxyl groups excluding tert-OH is 1. The van der Waals surface area contributed by atoms with Gasteiger partial charge in [0, 0.05) is 25.7 Å². The van der Waals surface area contributed by atoms with E-state index < -0.39 is 97.5 Å². The molecule has 0 aromatic carbocycles. The van der Waals surface area contributed by atoms with Crippen LogP contribution in [0, 0.1) is 0 Å². The van der Waals surface area contributed by atoms with E-state index in [1.165, 1.54) is 25.7 Å². The zero-order valence-electron chi connectivity index (χ0n) is 61.5. The molecule has 5 unspecified atom stereocenters. The first-order valence-electron chi connectivity index (χ1n) is 37.4. The lowest BCUT2D eigenvalue weighted by Crippen LogP contribution is -2.30. The third-order valence-electron chi connectivity index (χ3n) is 14.7. The maximum atomic E-state index is 13.1. The Morgan fingerprint density at radius 1 is 0.290 bits per heavy atom. The van der Waals surface area contributed by atoms with E-state index in [0.29, 0.717) is 38.5 Å². The Hall–Kier alpha value is -5.58. The smallest absolute Gasteiger partial charge is 0.462 e. The van der Waals surface area contributed by atoms with E-state index in [9.17, 15) is 43.2 Å². The zero-order chi connectivity index (χ0) is 73.2. The van der Waals surface area contributed by atoms with E-state index >= 15 is 0 Å². The molecule has 0 saturated heterocycles. The quantitative estimate of drug-likeness (QED) is 0.0169. The van der Waals surface area contributed by atoms with Crippen LogP contribution >= 0.6 is 15.6 Å². The number of phosphoric acid groups is 2. The number of unbranched alkanes of at least 4 members (excludes halogenated alkanes) is 14. The van der Waals surface area contributed by atoms with Gasteiger partial charge < -0.3 is 33.8 Å². The third kappa shape index (κ3) is 70.8. The van der Waals surface area contributed by atoms with Gasteiger partial charge in [0.05, 0.1) is 26.4 Å². The molecule has 0 aromatic heterocycles. The van der Waals surface area contributed by atoms with E-state index in [1.54, 1.807) is 0 Å². The van der Waals surface area contributed by atoms with Gasteiger partial charge in [-0.05, 0) is 167 Å². The van der Waals surface area contributed by atoms with Gasteiger partial charge in [0.1, 0.15) is 19.3 Å². The Kier molecular flexibility index (Phi) is 67.8. The summed E-state index contributed by atoms with van der Waals surface area (Å²) in [5.74, 6) is -2.37. The zero-order valence-corrected chi connectivity index (χ0v) is 63.3. The van der Waals surface area contributed by atoms with Crippen molar-refractivity contribution in [2.45, 2.75) is 277 Å². The molecule has 0 saturated carbocycles. The van der Waals surface area contributed by atoms with Crippen molar-refractivity contribution in [1.82, 2.24) is 0 Å². The lowest BCUT2D eigenvalue weighted by molar-refractivity contribution is -0.161. The number of rotatable bonds is 68. The summed E-state index contributed by atoms with van der Waals surface area (Å²) >= 11 is 0. The van der Waals surface area contributed by atoms with Gasteiger partial charge in [0.2, 0.25) is 0 Å². The molecule has 0 aromatic rings. The van der Waals surface area contributed by atoms with Gasteiger partial charge in [-0.2, -0.15) is 0 Å². The lowest BCUT2D eigenvalue weighted by Gasteiger charge is -2.21. The highest BCUT2D eigenvalue weighted by molar-refractivity contribution is 7.47. The number of carbonyl (C=O) groups excluding carboxylic acids is 4. The molecule has 0 rings (SSSR count). The lowest BCUT2D eigenvalue weighted by atomic mass is 10.1. The Labute approximate surface area is 603 Å². The van der Waals surface area contributed by atoms with Crippen molar-refractivity contribution < 1.29 is 80.2 Å². The summed E-state index contributed by atoms with van der Waals surface area (Å²) in [6.45, 7) is 4.30. The number of hydrogen-bond acceptors (Lipinski definition) is 15. The summed E-state index contributed by atoms with van der Waals surface area (Å²) in [5.41, 5.74) is 0. The van der Waals surface area contributed by atoms with E-state index in [0.717, 1.165) is 141 Å². The van der Waals surface area contributed by atoms with E-state index in [-0.39, 0.29) is 25.7 Å². The van der Waals surface area contributed by atoms with Crippen molar-refractivity contribution in [3.8, 4) is 0 Å². The Morgan fingerprint density at radius 3 is 0.870 bits per heavy atom. The Bertz CT molecular complexity index is 2570. The van der Waals surface area contributed by atoms with Crippen molar-refractivity contribution in [2.75, 3.05) is 39.6 Å². The minimum Gasteiger partial charge on any atom is -0.462 e. The highest BCUT2D eigenvalue weighted by Crippen LogP contribution is 2.45. The Balaban J connectivity index is 5.49. The van der Waals surface area contributed by atoms with Crippen LogP contribution in [0.4, 0.5) is 0 Å². The molecule has 0 spiro atoms. The van der Waals surface area contributed by atoms with Crippen LogP contribution < -0.4 is 0 Å². The topological polar surface area (TPSA) is 237 Å². The molecule has 0 amide bonds. The molecular weight excluding hydrogens is 1310 g/mol. The van der Waals surface area contributed by atoms with Gasteiger partial charge in [-0.15, -0.1) is 0 Å². The third-order valence-corrected chi connectivity index (χ3v) is 16.6. The molecule has 0 aliphatic heterocycles. The minimum absolute atomic E-state index is 0.0258. The van der Waals surface area contributed by atoms with Crippen molar-refractivity contribution in [2.24, 2.45) is 0 Å². The number of phosphoric ester groups is 2. The molecule has 0 aliphatic carbocycles. The average molecular weight is 1440 g/mol. The van der Waals surface area contributed by atoms with Crippen molar-refractivity contribution in [3.63, 3.8) is 0 Å². The molecule has 566 valence electrons. The van der Waals surface area contributed by atoms with Crippen LogP contribution in [0.15, 0.2) is 170 Å². The van der Waals surface area contributed by atoms with Crippen molar-refractivity contribution >= 4 is 39.5 Å². The van der Waals surface area contributed by atoms with Gasteiger partial charge in [-0.25, -0.2) is 9.13 Å². The first-order valence-corrected chi connectivity index (χ1v) is 40.4. The van der Waals surface area contributed by atoms with Crippen molar-refractivity contribution in [3.05, 3.63) is 170 Å². The monoisotopic (exact) mass is 1440 g/mol. The second-order valence-electron chi connectivity index (χ2n) is 24.1. The summed E-state index contributed by atoms with van der Waals surface area (Å²) in [7, 11) is -10.0. The fourth-order valence-corrected chi connectivity index (χ4v) is 10.6. The maximum absolute atomic E-state index is 13.1. The summed E-state index contributed by atoms with van der Waals surface area (Å²) in [5, 5.41) is 10.6. The van der Waals surface area contributed by atoms with Gasteiger partial charge in [0.15, 0.2) is 12.2 Å². The van der Waals surface area contributed by atoms with Crippen molar-refractivity contribution in [1.29, 1.82) is 0 Å². The molecule has 0 heterocycles. The summed E-state index contributed by atoms with van der Waals surface area (Å²) < 4.78 is 68.3. The summed E-state index contributed by atoms with van der Waals surface area (Å²) in [6.07, 6.45) is 83.7. The fourth-order valence-electron chi connectivity index (χ4n) is 9.05. The second kappa shape index (κ2) is 71.8. The molecule has 0 fully saturated rings. The van der Waals surface area contributed by atoms with Crippen LogP contribution in [-0.4, -0.2) is 96.7 Å². The van der Waals surface area contributed by atoms with Gasteiger partial charge in [-0.3, -0.25) is 37.3 Å². The van der Waals surface area contributed by atoms with E-state index in [1.807, 2.05) is 12.2 Å². The predicted octanol–water partition coefficient (Wildman–Crippen LogP) is 21.4. The predicted molar refractivity (Wildman–Crippen MR) is 408 cm³/mol. The van der Waals surface area contributed by atoms with Crippen LogP contribution in [0.3, 0.4) is 0 Å². The van der Waals surface area contributed by atoms with Crippen LogP contribution in [-0.2, 0) is 65.4 Å². The molecule has 19 heteroatoms. The first-order chi connectivity index (χ1) is 48.7. The van der Waals surface area contributed by atoms with E-state index in [4.69, 9.17) is 37.0 Å². The molecule has 17 nitrogen and oxygen atoms in total. The first kappa shape index (κ1) is 94.4. The highest BCUT2D eigenvalue weighted by Gasteiger charge is 2.30. The minimum atomic E-state index is -5.01. The molecule has 100 heavy (non-hydrogen) atoms. The number of aliphatic hydroxyl groups is 1. The van der Waals surface area contributed by atoms with E-state index in [2.05, 4.69) is 186 Å². The molecule has 0 bridgehead atoms. The maximum Gasteiger partial charge on any atom is 0.472 e. The molecular formula is C81H130O17P2. The second-order valence-corrected chi connectivity index (χ2v) is 27.0. The van der Waals surface area contributed by atoms with Crippen LogP contribution in [0.2, 0.25) is 0 Å². The SMILES string of the molecule is CC/C=C\C/C=C\C/C=C\C/C=C\C/C=C\CCCC(=O)OCC(COP(=O)(O)OCC(O)COP(=O)(O)OCC(COC(=O)CCCC/C=C\C/C=C\C/C=C\C/C=C\CC)OC(=O)CCCC/C=C\C/C=C\C/C=C\C/C=C\CC)OC(=O)CCCCCCC/C=C\CCCCCC. The molecule has 0 radical (unpaired) electrons. The fraction of sp³-hybridized carbons (Fsp3) is 0.605. The normalized spacial score (nSPS) is 14.9. The largest absolute Gasteiger partial charge is 0.472 e. The standard InChI is InChI=1S/C81H130O17P2/c1-5-9-13-17-21-25-29-33-36-37-40-43-46-50-54-58-62-66-79(84)92-71-76(97-80(85)67-63-59-55-51-47-41-32-28-24-20-16-12-8-4)73-95-99(87,88)93-69-75(82)70-94-100(89,90)96-74-77(98-81(86)68-64-60-56-52-48-44-39-35-31-27-23-19-15-11-7-3)72-91-78(83)65-61-57-53-49-45-42-38-34-30-26-22-18-14-10-6-2/h9-11,13-15,21-23,25-28,32-36,38-40,43,45,48-50,52,54,75-77,82H,5-8,12,16-20,24,29-31,37,41-42,44,46-47,51,53,55-74H2,1-4H3,(H,87,88)(H,89,90)/b13-9-,14-10-,15-11-,25-21-,26-22-,27-23-,32-28-,36-33-,38-34-,39-35-,43-40-,49-45-,52-48-,54-50-. The number of hydrogen-bond donors (Lipinski definition) is 3. The molecule has 3 N–H and O–H groups in total. The average Bonchev–Trinajstić information content (AvgIpc) is 0.965.